The maximum absolute atomic E-state index is 10.6. The van der Waals surface area contributed by atoms with Gasteiger partial charge in [0.2, 0.25) is 0 Å². The summed E-state index contributed by atoms with van der Waals surface area (Å²) in [6.45, 7) is 0. The van der Waals surface area contributed by atoms with Gasteiger partial charge in [-0.15, -0.1) is 11.6 Å². The number of rotatable bonds is 7. The highest BCUT2D eigenvalue weighted by Gasteiger charge is 2.16. The molecule has 0 spiro atoms. The van der Waals surface area contributed by atoms with Gasteiger partial charge in [0.25, 0.3) is 0 Å². The van der Waals surface area contributed by atoms with Gasteiger partial charge in [-0.05, 0) is 19.3 Å². The van der Waals surface area contributed by atoms with Crippen molar-refractivity contribution in [1.29, 1.82) is 0 Å². The lowest BCUT2D eigenvalue weighted by Gasteiger charge is -2.08. The molecule has 1 unspecified atom stereocenters. The van der Waals surface area contributed by atoms with Gasteiger partial charge in [-0.1, -0.05) is 0 Å². The lowest BCUT2D eigenvalue weighted by Crippen LogP contribution is -2.14. The van der Waals surface area contributed by atoms with Crippen LogP contribution in [0.3, 0.4) is 0 Å². The third kappa shape index (κ3) is 6.40. The quantitative estimate of drug-likeness (QED) is 0.623. The van der Waals surface area contributed by atoms with Crippen LogP contribution < -0.4 is 0 Å². The average molecular weight is 209 g/mol. The third-order valence-corrected chi connectivity index (χ3v) is 1.97. The van der Waals surface area contributed by atoms with E-state index in [9.17, 15) is 9.59 Å². The summed E-state index contributed by atoms with van der Waals surface area (Å²) in [6.07, 6.45) is 1.19. The molecule has 0 aliphatic rings. The van der Waals surface area contributed by atoms with Gasteiger partial charge in [0.05, 0.1) is 5.92 Å². The Morgan fingerprint density at radius 2 is 1.85 bits per heavy atom. The van der Waals surface area contributed by atoms with E-state index in [1.807, 2.05) is 0 Å². The van der Waals surface area contributed by atoms with Crippen LogP contribution in [0.4, 0.5) is 0 Å². The molecular formula is C8H13ClO4. The van der Waals surface area contributed by atoms with Gasteiger partial charge in [-0.2, -0.15) is 0 Å². The summed E-state index contributed by atoms with van der Waals surface area (Å²) < 4.78 is 0. The first-order valence-electron chi connectivity index (χ1n) is 4.08. The number of hydrogen-bond donors (Lipinski definition) is 2. The van der Waals surface area contributed by atoms with Crippen LogP contribution >= 0.6 is 11.6 Å². The molecule has 0 aliphatic carbocycles. The van der Waals surface area contributed by atoms with E-state index in [-0.39, 0.29) is 6.42 Å². The number of carbonyl (C=O) groups is 2. The van der Waals surface area contributed by atoms with Gasteiger partial charge < -0.3 is 10.2 Å². The second-order valence-corrected chi connectivity index (χ2v) is 3.18. The molecular weight excluding hydrogens is 196 g/mol. The van der Waals surface area contributed by atoms with Crippen molar-refractivity contribution in [2.24, 2.45) is 5.92 Å². The molecule has 0 amide bonds. The van der Waals surface area contributed by atoms with Crippen molar-refractivity contribution in [3.63, 3.8) is 0 Å². The summed E-state index contributed by atoms with van der Waals surface area (Å²) in [5.74, 6) is -2.00. The number of alkyl halides is 1. The summed E-state index contributed by atoms with van der Waals surface area (Å²) in [5, 5.41) is 17.0. The Labute approximate surface area is 81.5 Å². The Balaban J connectivity index is 3.69. The normalized spacial score (nSPS) is 12.4. The van der Waals surface area contributed by atoms with Crippen LogP contribution in [0.25, 0.3) is 0 Å². The molecule has 0 saturated heterocycles. The zero-order chi connectivity index (χ0) is 10.3. The Hall–Kier alpha value is -0.770. The fourth-order valence-electron chi connectivity index (χ4n) is 1.02. The molecule has 5 heteroatoms. The monoisotopic (exact) mass is 208 g/mol. The molecule has 0 radical (unpaired) electrons. The highest BCUT2D eigenvalue weighted by Crippen LogP contribution is 2.13. The maximum Gasteiger partial charge on any atom is 0.306 e. The molecule has 0 heterocycles. The lowest BCUT2D eigenvalue weighted by atomic mass is 9.99. The molecule has 0 aromatic heterocycles. The van der Waals surface area contributed by atoms with Gasteiger partial charge in [-0.3, -0.25) is 9.59 Å². The number of carboxylic acids is 2. The molecule has 76 valence electrons. The minimum atomic E-state index is -0.897. The van der Waals surface area contributed by atoms with Crippen molar-refractivity contribution in [3.8, 4) is 0 Å². The molecule has 0 aliphatic heterocycles. The van der Waals surface area contributed by atoms with E-state index in [4.69, 9.17) is 21.8 Å². The number of halogens is 1. The Morgan fingerprint density at radius 1 is 1.23 bits per heavy atom. The van der Waals surface area contributed by atoms with Crippen molar-refractivity contribution in [2.75, 3.05) is 5.88 Å². The second-order valence-electron chi connectivity index (χ2n) is 2.80. The molecule has 0 aromatic rings. The lowest BCUT2D eigenvalue weighted by molar-refractivity contribution is -0.143. The van der Waals surface area contributed by atoms with Crippen LogP contribution in [0.1, 0.15) is 25.7 Å². The zero-order valence-corrected chi connectivity index (χ0v) is 7.96. The molecule has 0 rings (SSSR count). The van der Waals surface area contributed by atoms with Crippen LogP contribution in [-0.2, 0) is 9.59 Å². The van der Waals surface area contributed by atoms with E-state index in [0.29, 0.717) is 25.1 Å². The first-order valence-corrected chi connectivity index (χ1v) is 4.62. The smallest absolute Gasteiger partial charge is 0.306 e. The number of hydrogen-bond acceptors (Lipinski definition) is 2. The Morgan fingerprint density at radius 3 is 2.23 bits per heavy atom. The van der Waals surface area contributed by atoms with Crippen LogP contribution in [-0.4, -0.2) is 28.0 Å². The predicted molar refractivity (Wildman–Crippen MR) is 47.9 cm³/mol. The summed E-state index contributed by atoms with van der Waals surface area (Å²) >= 11 is 5.40. The van der Waals surface area contributed by atoms with Crippen molar-refractivity contribution < 1.29 is 19.8 Å². The summed E-state index contributed by atoms with van der Waals surface area (Å²) in [7, 11) is 0. The van der Waals surface area contributed by atoms with E-state index in [0.717, 1.165) is 0 Å². The fraction of sp³-hybridized carbons (Fsp3) is 0.750. The van der Waals surface area contributed by atoms with Gasteiger partial charge in [0.15, 0.2) is 0 Å². The minimum Gasteiger partial charge on any atom is -0.481 e. The van der Waals surface area contributed by atoms with Crippen molar-refractivity contribution in [2.45, 2.75) is 25.7 Å². The van der Waals surface area contributed by atoms with Crippen LogP contribution in [0.2, 0.25) is 0 Å². The SMILES string of the molecule is O=C(O)CCCC(CCCl)C(=O)O. The van der Waals surface area contributed by atoms with E-state index < -0.39 is 17.9 Å². The van der Waals surface area contributed by atoms with E-state index >= 15 is 0 Å². The van der Waals surface area contributed by atoms with E-state index in [1.54, 1.807) is 0 Å². The first-order chi connectivity index (χ1) is 6.07. The van der Waals surface area contributed by atoms with Crippen LogP contribution in [0.15, 0.2) is 0 Å². The van der Waals surface area contributed by atoms with Crippen LogP contribution in [0.5, 0.6) is 0 Å². The molecule has 2 N–H and O–H groups in total. The highest BCUT2D eigenvalue weighted by atomic mass is 35.5. The fourth-order valence-corrected chi connectivity index (χ4v) is 1.29. The van der Waals surface area contributed by atoms with Crippen molar-refractivity contribution in [1.82, 2.24) is 0 Å². The summed E-state index contributed by atoms with van der Waals surface area (Å²) in [4.78, 5) is 20.7. The number of carboxylic acid groups (broad SMARTS) is 2. The third-order valence-electron chi connectivity index (χ3n) is 1.75. The minimum absolute atomic E-state index is 0.0199. The average Bonchev–Trinajstić information content (AvgIpc) is 2.02. The van der Waals surface area contributed by atoms with Crippen molar-refractivity contribution >= 4 is 23.5 Å². The van der Waals surface area contributed by atoms with E-state index in [1.165, 1.54) is 0 Å². The number of aliphatic carboxylic acids is 2. The molecule has 0 saturated carbocycles. The molecule has 13 heavy (non-hydrogen) atoms. The van der Waals surface area contributed by atoms with Gasteiger partial charge in [0.1, 0.15) is 0 Å². The highest BCUT2D eigenvalue weighted by molar-refractivity contribution is 6.17. The Bertz CT molecular complexity index is 181. The summed E-state index contributed by atoms with van der Waals surface area (Å²) in [6, 6.07) is 0. The molecule has 4 nitrogen and oxygen atoms in total. The van der Waals surface area contributed by atoms with Gasteiger partial charge in [-0.25, -0.2) is 0 Å². The topological polar surface area (TPSA) is 74.6 Å². The predicted octanol–water partition coefficient (Wildman–Crippen LogP) is 1.57. The molecule has 1 atom stereocenters. The van der Waals surface area contributed by atoms with Crippen LogP contribution in [0, 0.1) is 5.92 Å². The van der Waals surface area contributed by atoms with Gasteiger partial charge in [0, 0.05) is 12.3 Å². The first kappa shape index (κ1) is 12.2. The Kier molecular flexibility index (Phi) is 6.32. The van der Waals surface area contributed by atoms with E-state index in [2.05, 4.69) is 0 Å². The summed E-state index contributed by atoms with van der Waals surface area (Å²) in [5.41, 5.74) is 0. The largest absolute Gasteiger partial charge is 0.481 e. The molecule has 0 bridgehead atoms. The van der Waals surface area contributed by atoms with Gasteiger partial charge >= 0.3 is 11.9 Å². The molecule has 0 fully saturated rings. The second kappa shape index (κ2) is 6.71. The van der Waals surface area contributed by atoms with Crippen molar-refractivity contribution in [3.05, 3.63) is 0 Å². The standard InChI is InChI=1S/C8H13ClO4/c9-5-4-6(8(12)13)2-1-3-7(10)11/h6H,1-5H2,(H,10,11)(H,12,13). The maximum atomic E-state index is 10.6. The zero-order valence-electron chi connectivity index (χ0n) is 7.20. The molecule has 0 aromatic carbocycles.